The quantitative estimate of drug-likeness (QED) is 0.717. The first-order valence-corrected chi connectivity index (χ1v) is 7.36. The standard InChI is InChI=1S/C17H13FOS/c1-11-3-2-4-12(7-11)8-13-10-20-16-6-5-14(18)9-15(16)17(13)19/h2-9H,10H2,1H3/b13-8+. The maximum absolute atomic E-state index is 13.3. The summed E-state index contributed by atoms with van der Waals surface area (Å²) in [6.07, 6.45) is 1.90. The lowest BCUT2D eigenvalue weighted by molar-refractivity contribution is 0.103. The molecule has 0 fully saturated rings. The Kier molecular flexibility index (Phi) is 3.45. The Morgan fingerprint density at radius 2 is 2.05 bits per heavy atom. The average Bonchev–Trinajstić information content (AvgIpc) is 2.43. The third-order valence-electron chi connectivity index (χ3n) is 3.24. The second-order valence-corrected chi connectivity index (χ2v) is 5.86. The van der Waals surface area contributed by atoms with Gasteiger partial charge in [0, 0.05) is 21.8 Å². The summed E-state index contributed by atoms with van der Waals surface area (Å²) in [7, 11) is 0. The lowest BCUT2D eigenvalue weighted by Gasteiger charge is -2.17. The van der Waals surface area contributed by atoms with Gasteiger partial charge in [0.1, 0.15) is 5.82 Å². The molecule has 2 aromatic rings. The van der Waals surface area contributed by atoms with Crippen LogP contribution >= 0.6 is 11.8 Å². The first kappa shape index (κ1) is 13.1. The van der Waals surface area contributed by atoms with Gasteiger partial charge in [-0.3, -0.25) is 4.79 Å². The number of carbonyl (C=O) groups excluding carboxylic acids is 1. The summed E-state index contributed by atoms with van der Waals surface area (Å²) in [5.74, 6) is 0.194. The van der Waals surface area contributed by atoms with Gasteiger partial charge in [0.25, 0.3) is 0 Å². The number of halogens is 1. The number of rotatable bonds is 1. The summed E-state index contributed by atoms with van der Waals surface area (Å²) in [6.45, 7) is 2.02. The molecule has 0 aromatic heterocycles. The van der Waals surface area contributed by atoms with Crippen molar-refractivity contribution in [1.29, 1.82) is 0 Å². The van der Waals surface area contributed by atoms with Crippen LogP contribution in [0.5, 0.6) is 0 Å². The van der Waals surface area contributed by atoms with Crippen molar-refractivity contribution in [2.24, 2.45) is 0 Å². The molecule has 0 unspecified atom stereocenters. The number of thioether (sulfide) groups is 1. The molecule has 3 rings (SSSR count). The monoisotopic (exact) mass is 284 g/mol. The van der Waals surface area contributed by atoms with E-state index in [9.17, 15) is 9.18 Å². The molecule has 3 heteroatoms. The summed E-state index contributed by atoms with van der Waals surface area (Å²) in [4.78, 5) is 13.3. The molecule has 20 heavy (non-hydrogen) atoms. The van der Waals surface area contributed by atoms with Crippen molar-refractivity contribution in [1.82, 2.24) is 0 Å². The molecular weight excluding hydrogens is 271 g/mol. The third kappa shape index (κ3) is 2.54. The van der Waals surface area contributed by atoms with E-state index >= 15 is 0 Å². The predicted octanol–water partition coefficient (Wildman–Crippen LogP) is 4.51. The summed E-state index contributed by atoms with van der Waals surface area (Å²) in [6, 6.07) is 12.4. The van der Waals surface area contributed by atoms with E-state index in [0.717, 1.165) is 21.6 Å². The number of aryl methyl sites for hydroxylation is 1. The molecular formula is C17H13FOS. The number of carbonyl (C=O) groups is 1. The highest BCUT2D eigenvalue weighted by atomic mass is 32.2. The van der Waals surface area contributed by atoms with Gasteiger partial charge in [-0.25, -0.2) is 4.39 Å². The molecule has 1 nitrogen and oxygen atoms in total. The van der Waals surface area contributed by atoms with E-state index in [2.05, 4.69) is 0 Å². The zero-order valence-corrected chi connectivity index (χ0v) is 11.8. The molecule has 1 aliphatic rings. The number of fused-ring (bicyclic) bond motifs is 1. The molecule has 0 N–H and O–H groups in total. The molecule has 1 heterocycles. The average molecular weight is 284 g/mol. The Morgan fingerprint density at radius 1 is 1.20 bits per heavy atom. The Balaban J connectivity index is 2.00. The van der Waals surface area contributed by atoms with E-state index in [1.165, 1.54) is 12.1 Å². The summed E-state index contributed by atoms with van der Waals surface area (Å²) in [5, 5.41) is 0. The van der Waals surface area contributed by atoms with Gasteiger partial charge in [-0.15, -0.1) is 11.8 Å². The normalized spacial score (nSPS) is 16.3. The van der Waals surface area contributed by atoms with Crippen molar-refractivity contribution in [3.63, 3.8) is 0 Å². The largest absolute Gasteiger partial charge is 0.289 e. The number of ketones is 1. The molecule has 0 aliphatic carbocycles. The molecule has 0 bridgehead atoms. The van der Waals surface area contributed by atoms with Crippen LogP contribution in [-0.4, -0.2) is 11.5 Å². The van der Waals surface area contributed by atoms with Crippen LogP contribution in [0.25, 0.3) is 6.08 Å². The maximum atomic E-state index is 13.3. The van der Waals surface area contributed by atoms with Crippen molar-refractivity contribution in [3.05, 3.63) is 70.5 Å². The zero-order chi connectivity index (χ0) is 14.1. The molecule has 0 radical (unpaired) electrons. The van der Waals surface area contributed by atoms with Crippen molar-refractivity contribution in [3.8, 4) is 0 Å². The van der Waals surface area contributed by atoms with Gasteiger partial charge in [0.05, 0.1) is 0 Å². The Bertz CT molecular complexity index is 719. The number of benzene rings is 2. The Morgan fingerprint density at radius 3 is 2.85 bits per heavy atom. The molecule has 0 saturated heterocycles. The third-order valence-corrected chi connectivity index (χ3v) is 4.37. The second kappa shape index (κ2) is 5.25. The van der Waals surface area contributed by atoms with E-state index < -0.39 is 0 Å². The van der Waals surface area contributed by atoms with Crippen molar-refractivity contribution >= 4 is 23.6 Å². The van der Waals surface area contributed by atoms with Gasteiger partial charge >= 0.3 is 0 Å². The molecule has 0 spiro atoms. The molecule has 0 saturated carbocycles. The lowest BCUT2D eigenvalue weighted by Crippen LogP contribution is -2.12. The minimum Gasteiger partial charge on any atom is -0.289 e. The number of hydrogen-bond donors (Lipinski definition) is 0. The van der Waals surface area contributed by atoms with E-state index in [4.69, 9.17) is 0 Å². The van der Waals surface area contributed by atoms with Crippen molar-refractivity contribution < 1.29 is 9.18 Å². The molecule has 2 aromatic carbocycles. The highest BCUT2D eigenvalue weighted by Gasteiger charge is 2.22. The smallest absolute Gasteiger partial charge is 0.191 e. The van der Waals surface area contributed by atoms with Crippen LogP contribution in [-0.2, 0) is 0 Å². The van der Waals surface area contributed by atoms with Crippen LogP contribution in [0.1, 0.15) is 21.5 Å². The van der Waals surface area contributed by atoms with Crippen LogP contribution in [0.3, 0.4) is 0 Å². The number of hydrogen-bond acceptors (Lipinski definition) is 2. The summed E-state index contributed by atoms with van der Waals surface area (Å²) in [5.41, 5.74) is 3.36. The fraction of sp³-hybridized carbons (Fsp3) is 0.118. The topological polar surface area (TPSA) is 17.1 Å². The SMILES string of the molecule is Cc1cccc(/C=C2\CSc3ccc(F)cc3C2=O)c1. The van der Waals surface area contributed by atoms with E-state index in [0.29, 0.717) is 11.3 Å². The van der Waals surface area contributed by atoms with Crippen LogP contribution in [0.15, 0.2) is 52.9 Å². The minimum atomic E-state index is -0.366. The highest BCUT2D eigenvalue weighted by molar-refractivity contribution is 7.99. The van der Waals surface area contributed by atoms with Crippen molar-refractivity contribution in [2.45, 2.75) is 11.8 Å². The first-order chi connectivity index (χ1) is 9.63. The van der Waals surface area contributed by atoms with E-state index in [1.54, 1.807) is 17.8 Å². The summed E-state index contributed by atoms with van der Waals surface area (Å²) < 4.78 is 13.3. The van der Waals surface area contributed by atoms with Gasteiger partial charge < -0.3 is 0 Å². The second-order valence-electron chi connectivity index (χ2n) is 4.84. The predicted molar refractivity (Wildman–Crippen MR) is 80.6 cm³/mol. The molecule has 100 valence electrons. The lowest BCUT2D eigenvalue weighted by atomic mass is 10.0. The fourth-order valence-corrected chi connectivity index (χ4v) is 3.26. The molecule has 0 atom stereocenters. The highest BCUT2D eigenvalue weighted by Crippen LogP contribution is 2.33. The Hall–Kier alpha value is -1.87. The first-order valence-electron chi connectivity index (χ1n) is 6.38. The maximum Gasteiger partial charge on any atom is 0.191 e. The van der Waals surface area contributed by atoms with Crippen LogP contribution in [0, 0.1) is 12.7 Å². The van der Waals surface area contributed by atoms with E-state index in [1.807, 2.05) is 37.3 Å². The van der Waals surface area contributed by atoms with Gasteiger partial charge in [-0.2, -0.15) is 0 Å². The minimum absolute atomic E-state index is 0.0697. The van der Waals surface area contributed by atoms with Crippen LogP contribution in [0.2, 0.25) is 0 Å². The van der Waals surface area contributed by atoms with Gasteiger partial charge in [0.2, 0.25) is 0 Å². The van der Waals surface area contributed by atoms with Crippen LogP contribution < -0.4 is 0 Å². The van der Waals surface area contributed by atoms with Crippen molar-refractivity contribution in [2.75, 3.05) is 5.75 Å². The summed E-state index contributed by atoms with van der Waals surface area (Å²) >= 11 is 1.58. The Labute approximate surface area is 121 Å². The van der Waals surface area contributed by atoms with Gasteiger partial charge in [0.15, 0.2) is 5.78 Å². The van der Waals surface area contributed by atoms with Gasteiger partial charge in [-0.05, 0) is 36.8 Å². The zero-order valence-electron chi connectivity index (χ0n) is 11.0. The van der Waals surface area contributed by atoms with Crippen LogP contribution in [0.4, 0.5) is 4.39 Å². The van der Waals surface area contributed by atoms with Gasteiger partial charge in [-0.1, -0.05) is 29.8 Å². The van der Waals surface area contributed by atoms with E-state index in [-0.39, 0.29) is 11.6 Å². The molecule has 1 aliphatic heterocycles. The fourth-order valence-electron chi connectivity index (χ4n) is 2.27. The number of Topliss-reactive ketones (excluding diaryl/α,β-unsaturated/α-hetero) is 1. The molecule has 0 amide bonds.